The van der Waals surface area contributed by atoms with E-state index in [1.807, 2.05) is 48.5 Å². The zero-order valence-electron chi connectivity index (χ0n) is 14.2. The van der Waals surface area contributed by atoms with Crippen molar-refractivity contribution in [1.82, 2.24) is 5.32 Å². The number of amides is 1. The van der Waals surface area contributed by atoms with Crippen LogP contribution >= 0.6 is 0 Å². The number of carbonyl (C=O) groups excluding carboxylic acids is 2. The summed E-state index contributed by atoms with van der Waals surface area (Å²) in [4.78, 5) is 24.3. The van der Waals surface area contributed by atoms with E-state index in [-0.39, 0.29) is 18.5 Å². The molecule has 0 saturated heterocycles. The van der Waals surface area contributed by atoms with Crippen molar-refractivity contribution < 1.29 is 14.3 Å². The molecule has 3 aromatic rings. The summed E-state index contributed by atoms with van der Waals surface area (Å²) < 4.78 is 5.39. The van der Waals surface area contributed by atoms with Gasteiger partial charge in [0.25, 0.3) is 5.91 Å². The summed E-state index contributed by atoms with van der Waals surface area (Å²) in [5, 5.41) is 2.90. The molecule has 26 heavy (non-hydrogen) atoms. The minimum absolute atomic E-state index is 0.137. The Kier molecular flexibility index (Phi) is 5.78. The smallest absolute Gasteiger partial charge is 0.338 e. The third-order valence-corrected chi connectivity index (χ3v) is 3.96. The van der Waals surface area contributed by atoms with Crippen molar-refractivity contribution in [2.24, 2.45) is 0 Å². The maximum absolute atomic E-state index is 12.2. The third kappa shape index (κ3) is 4.57. The Morgan fingerprint density at radius 3 is 1.88 bits per heavy atom. The zero-order valence-corrected chi connectivity index (χ0v) is 14.2. The number of carbonyl (C=O) groups is 2. The van der Waals surface area contributed by atoms with E-state index >= 15 is 0 Å². The molecule has 1 amide bonds. The molecule has 4 nitrogen and oxygen atoms in total. The van der Waals surface area contributed by atoms with Crippen LogP contribution in [0.1, 0.15) is 31.8 Å². The number of benzene rings is 3. The molecule has 4 heteroatoms. The van der Waals surface area contributed by atoms with Crippen molar-refractivity contribution in [2.45, 2.75) is 13.2 Å². The lowest BCUT2D eigenvalue weighted by Crippen LogP contribution is -2.23. The van der Waals surface area contributed by atoms with E-state index in [0.29, 0.717) is 17.7 Å². The molecule has 130 valence electrons. The van der Waals surface area contributed by atoms with Gasteiger partial charge in [0.2, 0.25) is 0 Å². The molecular formula is C22H19NO3. The van der Waals surface area contributed by atoms with Crippen LogP contribution in [0.5, 0.6) is 0 Å². The first-order valence-electron chi connectivity index (χ1n) is 8.36. The first-order valence-corrected chi connectivity index (χ1v) is 8.36. The first kappa shape index (κ1) is 17.4. The van der Waals surface area contributed by atoms with Crippen LogP contribution in [0.25, 0.3) is 0 Å². The van der Waals surface area contributed by atoms with Gasteiger partial charge in [-0.05, 0) is 35.4 Å². The second kappa shape index (κ2) is 8.62. The lowest BCUT2D eigenvalue weighted by Gasteiger charge is -2.11. The number of hydrogen-bond acceptors (Lipinski definition) is 3. The predicted octanol–water partition coefficient (Wildman–Crippen LogP) is 3.97. The van der Waals surface area contributed by atoms with Gasteiger partial charge in [-0.3, -0.25) is 4.79 Å². The summed E-state index contributed by atoms with van der Waals surface area (Å²) in [5.74, 6) is -0.504. The molecule has 0 fully saturated rings. The average Bonchev–Trinajstić information content (AvgIpc) is 2.72. The second-order valence-electron chi connectivity index (χ2n) is 5.76. The molecular weight excluding hydrogens is 326 g/mol. The molecule has 0 aromatic heterocycles. The van der Waals surface area contributed by atoms with Crippen LogP contribution in [-0.4, -0.2) is 11.9 Å². The van der Waals surface area contributed by atoms with Crippen LogP contribution in [0.4, 0.5) is 0 Å². The van der Waals surface area contributed by atoms with Crippen molar-refractivity contribution in [3.63, 3.8) is 0 Å². The highest BCUT2D eigenvalue weighted by Crippen LogP contribution is 2.12. The Morgan fingerprint density at radius 1 is 0.692 bits per heavy atom. The largest absolute Gasteiger partial charge is 0.457 e. The van der Waals surface area contributed by atoms with E-state index in [1.165, 1.54) is 0 Å². The van der Waals surface area contributed by atoms with Gasteiger partial charge in [0.05, 0.1) is 5.56 Å². The Bertz CT molecular complexity index is 802. The number of esters is 1. The van der Waals surface area contributed by atoms with Gasteiger partial charge in [-0.1, -0.05) is 60.7 Å². The molecule has 0 aliphatic rings. The van der Waals surface area contributed by atoms with Crippen LogP contribution < -0.4 is 5.32 Å². The molecule has 0 saturated carbocycles. The van der Waals surface area contributed by atoms with Crippen LogP contribution in [0.2, 0.25) is 0 Å². The number of rotatable bonds is 6. The van der Waals surface area contributed by atoms with Gasteiger partial charge in [-0.25, -0.2) is 4.79 Å². The van der Waals surface area contributed by atoms with E-state index in [4.69, 9.17) is 4.74 Å². The lowest BCUT2D eigenvalue weighted by atomic mass is 10.1. The zero-order chi connectivity index (χ0) is 18.2. The van der Waals surface area contributed by atoms with Gasteiger partial charge < -0.3 is 10.1 Å². The van der Waals surface area contributed by atoms with E-state index in [0.717, 1.165) is 11.1 Å². The summed E-state index contributed by atoms with van der Waals surface area (Å²) in [5.41, 5.74) is 2.91. The number of ether oxygens (including phenoxy) is 1. The fourth-order valence-corrected chi connectivity index (χ4v) is 2.54. The lowest BCUT2D eigenvalue weighted by molar-refractivity contribution is 0.0471. The summed E-state index contributed by atoms with van der Waals surface area (Å²) in [6, 6.07) is 25.5. The van der Waals surface area contributed by atoms with Gasteiger partial charge in [0.1, 0.15) is 6.61 Å². The summed E-state index contributed by atoms with van der Waals surface area (Å²) in [6.45, 7) is 0.526. The Balaban J connectivity index is 1.61. The van der Waals surface area contributed by atoms with Gasteiger partial charge in [0, 0.05) is 12.1 Å². The van der Waals surface area contributed by atoms with Crippen LogP contribution in [0.15, 0.2) is 84.9 Å². The average molecular weight is 345 g/mol. The molecule has 0 spiro atoms. The maximum atomic E-state index is 12.2. The van der Waals surface area contributed by atoms with Crippen molar-refractivity contribution in [3.05, 3.63) is 107 Å². The Labute approximate surface area is 152 Å². The monoisotopic (exact) mass is 345 g/mol. The molecule has 0 aliphatic heterocycles. The van der Waals surface area contributed by atoms with Crippen molar-refractivity contribution in [3.8, 4) is 0 Å². The molecule has 0 heterocycles. The van der Waals surface area contributed by atoms with E-state index in [1.54, 1.807) is 36.4 Å². The summed E-state index contributed by atoms with van der Waals surface area (Å²) >= 11 is 0. The van der Waals surface area contributed by atoms with Gasteiger partial charge in [0.15, 0.2) is 0 Å². The van der Waals surface area contributed by atoms with Gasteiger partial charge in [-0.15, -0.1) is 0 Å². The molecule has 0 radical (unpaired) electrons. The summed E-state index contributed by atoms with van der Waals surface area (Å²) in [6.07, 6.45) is 0. The summed E-state index contributed by atoms with van der Waals surface area (Å²) in [7, 11) is 0. The standard InChI is InChI=1S/C22H19NO3/c24-21(17-9-3-1-4-10-17)23-15-19-13-7-8-14-20(19)16-26-22(25)18-11-5-2-6-12-18/h1-14H,15-16H2,(H,23,24). The highest BCUT2D eigenvalue weighted by molar-refractivity contribution is 5.94. The quantitative estimate of drug-likeness (QED) is 0.688. The molecule has 0 unspecified atom stereocenters. The molecule has 3 rings (SSSR count). The molecule has 1 N–H and O–H groups in total. The van der Waals surface area contributed by atoms with Gasteiger partial charge in [-0.2, -0.15) is 0 Å². The molecule has 0 aliphatic carbocycles. The second-order valence-corrected chi connectivity index (χ2v) is 5.76. The molecule has 0 bridgehead atoms. The normalized spacial score (nSPS) is 10.2. The van der Waals surface area contributed by atoms with E-state index in [2.05, 4.69) is 5.32 Å². The number of hydrogen-bond donors (Lipinski definition) is 1. The minimum atomic E-state index is -0.367. The topological polar surface area (TPSA) is 55.4 Å². The maximum Gasteiger partial charge on any atom is 0.338 e. The predicted molar refractivity (Wildman–Crippen MR) is 99.6 cm³/mol. The van der Waals surface area contributed by atoms with E-state index < -0.39 is 0 Å². The Morgan fingerprint density at radius 2 is 1.23 bits per heavy atom. The fraction of sp³-hybridized carbons (Fsp3) is 0.0909. The molecule has 0 atom stereocenters. The first-order chi connectivity index (χ1) is 12.7. The van der Waals surface area contributed by atoms with Crippen molar-refractivity contribution in [1.29, 1.82) is 0 Å². The van der Waals surface area contributed by atoms with Gasteiger partial charge >= 0.3 is 5.97 Å². The highest BCUT2D eigenvalue weighted by atomic mass is 16.5. The minimum Gasteiger partial charge on any atom is -0.457 e. The third-order valence-electron chi connectivity index (χ3n) is 3.96. The van der Waals surface area contributed by atoms with Crippen molar-refractivity contribution >= 4 is 11.9 Å². The molecule has 3 aromatic carbocycles. The van der Waals surface area contributed by atoms with Crippen LogP contribution in [0, 0.1) is 0 Å². The van der Waals surface area contributed by atoms with Crippen LogP contribution in [-0.2, 0) is 17.9 Å². The fourth-order valence-electron chi connectivity index (χ4n) is 2.54. The van der Waals surface area contributed by atoms with Crippen LogP contribution in [0.3, 0.4) is 0 Å². The highest BCUT2D eigenvalue weighted by Gasteiger charge is 2.10. The SMILES string of the molecule is O=C(NCc1ccccc1COC(=O)c1ccccc1)c1ccccc1. The number of nitrogens with one attached hydrogen (secondary N) is 1. The van der Waals surface area contributed by atoms with E-state index in [9.17, 15) is 9.59 Å². The Hall–Kier alpha value is -3.40. The van der Waals surface area contributed by atoms with Crippen molar-refractivity contribution in [2.75, 3.05) is 0 Å².